The lowest BCUT2D eigenvalue weighted by Crippen LogP contribution is -2.39. The molecule has 1 aliphatic carbocycles. The molecule has 120 valence electrons. The van der Waals surface area contributed by atoms with Crippen LogP contribution in [0.3, 0.4) is 0 Å². The summed E-state index contributed by atoms with van der Waals surface area (Å²) in [6.07, 6.45) is 4.16. The lowest BCUT2D eigenvalue weighted by atomic mass is 9.87. The Labute approximate surface area is 129 Å². The van der Waals surface area contributed by atoms with Crippen LogP contribution in [0.1, 0.15) is 38.3 Å². The largest absolute Gasteiger partial charge is 0.476 e. The van der Waals surface area contributed by atoms with Gasteiger partial charge in [-0.2, -0.15) is 0 Å². The second-order valence-electron chi connectivity index (χ2n) is 5.84. The molecular formula is C15H21N3O4. The molecule has 1 N–H and O–H groups in total. The Morgan fingerprint density at radius 3 is 2.73 bits per heavy atom. The summed E-state index contributed by atoms with van der Waals surface area (Å²) in [5.74, 6) is 0.113. The van der Waals surface area contributed by atoms with E-state index in [1.165, 1.54) is 6.07 Å². The molecule has 0 bridgehead atoms. The van der Waals surface area contributed by atoms with Gasteiger partial charge >= 0.3 is 5.82 Å². The standard InChI is InChI=1S/C15H21N3O4/c1-10-3-6-12(7-4-10)17-14(19)9-22-13-8-5-11(2)16-15(13)18(20)21/h5,8,10,12H,3-4,6-7,9H2,1-2H3,(H,17,19). The summed E-state index contributed by atoms with van der Waals surface area (Å²) in [4.78, 5) is 26.0. The molecule has 1 saturated carbocycles. The van der Waals surface area contributed by atoms with Crippen LogP contribution in [0.5, 0.6) is 5.75 Å². The minimum absolute atomic E-state index is 0.0167. The number of nitro groups is 1. The van der Waals surface area contributed by atoms with Crippen LogP contribution in [-0.2, 0) is 4.79 Å². The minimum atomic E-state index is -0.608. The van der Waals surface area contributed by atoms with Crippen LogP contribution in [0.4, 0.5) is 5.82 Å². The Morgan fingerprint density at radius 1 is 1.41 bits per heavy atom. The fraction of sp³-hybridized carbons (Fsp3) is 0.600. The van der Waals surface area contributed by atoms with Gasteiger partial charge in [0.2, 0.25) is 5.75 Å². The van der Waals surface area contributed by atoms with Crippen LogP contribution in [0.2, 0.25) is 0 Å². The fourth-order valence-electron chi connectivity index (χ4n) is 2.59. The number of hydrogen-bond donors (Lipinski definition) is 1. The number of pyridine rings is 1. The van der Waals surface area contributed by atoms with Crippen molar-refractivity contribution in [3.8, 4) is 5.75 Å². The van der Waals surface area contributed by atoms with Gasteiger partial charge in [0.15, 0.2) is 6.61 Å². The highest BCUT2D eigenvalue weighted by atomic mass is 16.6. The highest BCUT2D eigenvalue weighted by Gasteiger charge is 2.21. The van der Waals surface area contributed by atoms with Gasteiger partial charge in [-0.3, -0.25) is 4.79 Å². The van der Waals surface area contributed by atoms with E-state index in [9.17, 15) is 14.9 Å². The number of carbonyl (C=O) groups is 1. The third-order valence-electron chi connectivity index (χ3n) is 3.89. The van der Waals surface area contributed by atoms with Crippen LogP contribution in [-0.4, -0.2) is 28.5 Å². The lowest BCUT2D eigenvalue weighted by molar-refractivity contribution is -0.390. The maximum absolute atomic E-state index is 11.9. The SMILES string of the molecule is Cc1ccc(OCC(=O)NC2CCC(C)CC2)c([N+](=O)[O-])n1. The second kappa shape index (κ2) is 7.20. The van der Waals surface area contributed by atoms with Gasteiger partial charge in [0, 0.05) is 13.0 Å². The lowest BCUT2D eigenvalue weighted by Gasteiger charge is -2.26. The molecule has 7 heteroatoms. The molecule has 1 heterocycles. The average Bonchev–Trinajstić information content (AvgIpc) is 2.48. The molecule has 1 aliphatic rings. The molecule has 1 aromatic heterocycles. The molecule has 1 aromatic rings. The van der Waals surface area contributed by atoms with Crippen LogP contribution >= 0.6 is 0 Å². The van der Waals surface area contributed by atoms with E-state index in [0.29, 0.717) is 11.6 Å². The summed E-state index contributed by atoms with van der Waals surface area (Å²) in [6.45, 7) is 3.63. The van der Waals surface area contributed by atoms with E-state index in [0.717, 1.165) is 25.7 Å². The predicted octanol–water partition coefficient (Wildman–Crippen LogP) is 2.37. The first-order valence-corrected chi connectivity index (χ1v) is 7.50. The van der Waals surface area contributed by atoms with E-state index in [1.807, 2.05) is 0 Å². The average molecular weight is 307 g/mol. The second-order valence-corrected chi connectivity index (χ2v) is 5.84. The van der Waals surface area contributed by atoms with E-state index in [4.69, 9.17) is 4.74 Å². The number of amides is 1. The van der Waals surface area contributed by atoms with Gasteiger partial charge < -0.3 is 20.2 Å². The number of nitrogens with one attached hydrogen (secondary N) is 1. The topological polar surface area (TPSA) is 94.4 Å². The Morgan fingerprint density at radius 2 is 2.09 bits per heavy atom. The summed E-state index contributed by atoms with van der Waals surface area (Å²) >= 11 is 0. The van der Waals surface area contributed by atoms with E-state index in [2.05, 4.69) is 17.2 Å². The third-order valence-corrected chi connectivity index (χ3v) is 3.89. The van der Waals surface area contributed by atoms with Gasteiger partial charge in [0.1, 0.15) is 5.69 Å². The number of rotatable bonds is 5. The molecule has 0 atom stereocenters. The summed E-state index contributed by atoms with van der Waals surface area (Å²) in [5.41, 5.74) is 0.528. The van der Waals surface area contributed by atoms with Gasteiger partial charge in [-0.15, -0.1) is 0 Å². The van der Waals surface area contributed by atoms with Crippen molar-refractivity contribution in [2.45, 2.75) is 45.6 Å². The summed E-state index contributed by atoms with van der Waals surface area (Å²) in [7, 11) is 0. The van der Waals surface area contributed by atoms with Crippen LogP contribution in [0, 0.1) is 23.0 Å². The van der Waals surface area contributed by atoms with Crippen molar-refractivity contribution < 1.29 is 14.5 Å². The molecule has 0 aliphatic heterocycles. The van der Waals surface area contributed by atoms with Crippen molar-refractivity contribution in [2.24, 2.45) is 5.92 Å². The van der Waals surface area contributed by atoms with Crippen molar-refractivity contribution in [3.63, 3.8) is 0 Å². The number of aromatic nitrogens is 1. The molecule has 0 saturated heterocycles. The van der Waals surface area contributed by atoms with Gasteiger partial charge in [-0.1, -0.05) is 6.92 Å². The molecule has 0 radical (unpaired) electrons. The van der Waals surface area contributed by atoms with E-state index in [1.54, 1.807) is 13.0 Å². The summed E-state index contributed by atoms with van der Waals surface area (Å²) in [5, 5.41) is 13.8. The zero-order chi connectivity index (χ0) is 16.1. The van der Waals surface area contributed by atoms with Crippen molar-refractivity contribution in [1.82, 2.24) is 10.3 Å². The van der Waals surface area contributed by atoms with Gasteiger partial charge in [0.25, 0.3) is 5.91 Å². The Bertz CT molecular complexity index is 554. The first kappa shape index (κ1) is 16.2. The minimum Gasteiger partial charge on any atom is -0.476 e. The van der Waals surface area contributed by atoms with E-state index < -0.39 is 4.92 Å². The smallest absolute Gasteiger partial charge is 0.406 e. The Kier molecular flexibility index (Phi) is 5.30. The zero-order valence-electron chi connectivity index (χ0n) is 12.9. The third kappa shape index (κ3) is 4.41. The first-order valence-electron chi connectivity index (χ1n) is 7.50. The number of aryl methyl sites for hydroxylation is 1. The highest BCUT2D eigenvalue weighted by Crippen LogP contribution is 2.25. The van der Waals surface area contributed by atoms with Gasteiger partial charge in [0.05, 0.1) is 0 Å². The Hall–Kier alpha value is -2.18. The number of ether oxygens (including phenoxy) is 1. The van der Waals surface area contributed by atoms with Crippen molar-refractivity contribution in [1.29, 1.82) is 0 Å². The van der Waals surface area contributed by atoms with Crippen molar-refractivity contribution in [3.05, 3.63) is 27.9 Å². The zero-order valence-corrected chi connectivity index (χ0v) is 12.9. The normalized spacial score (nSPS) is 21.2. The summed E-state index contributed by atoms with van der Waals surface area (Å²) < 4.78 is 5.26. The molecule has 0 unspecified atom stereocenters. The molecule has 0 aromatic carbocycles. The molecule has 2 rings (SSSR count). The maximum atomic E-state index is 11.9. The first-order chi connectivity index (χ1) is 10.5. The monoisotopic (exact) mass is 307 g/mol. The highest BCUT2D eigenvalue weighted by molar-refractivity contribution is 5.78. The molecule has 22 heavy (non-hydrogen) atoms. The van der Waals surface area contributed by atoms with Crippen molar-refractivity contribution in [2.75, 3.05) is 6.61 Å². The van der Waals surface area contributed by atoms with Crippen molar-refractivity contribution >= 4 is 11.7 Å². The summed E-state index contributed by atoms with van der Waals surface area (Å²) in [6, 6.07) is 3.26. The number of nitrogens with zero attached hydrogens (tertiary/aromatic N) is 2. The molecule has 1 fully saturated rings. The molecule has 7 nitrogen and oxygen atoms in total. The quantitative estimate of drug-likeness (QED) is 0.665. The van der Waals surface area contributed by atoms with Crippen LogP contribution in [0.25, 0.3) is 0 Å². The van der Waals surface area contributed by atoms with Crippen LogP contribution in [0.15, 0.2) is 12.1 Å². The molecular weight excluding hydrogens is 286 g/mol. The van der Waals surface area contributed by atoms with E-state index >= 15 is 0 Å². The fourth-order valence-corrected chi connectivity index (χ4v) is 2.59. The van der Waals surface area contributed by atoms with Gasteiger partial charge in [-0.05, 0) is 53.6 Å². The Balaban J connectivity index is 1.87. The van der Waals surface area contributed by atoms with Crippen LogP contribution < -0.4 is 10.1 Å². The number of hydrogen-bond acceptors (Lipinski definition) is 5. The molecule has 1 amide bonds. The van der Waals surface area contributed by atoms with E-state index in [-0.39, 0.29) is 30.1 Å². The maximum Gasteiger partial charge on any atom is 0.406 e. The predicted molar refractivity (Wildman–Crippen MR) is 80.7 cm³/mol. The van der Waals surface area contributed by atoms with Gasteiger partial charge in [-0.25, -0.2) is 0 Å². The number of carbonyl (C=O) groups excluding carboxylic acids is 1. The molecule has 0 spiro atoms.